The van der Waals surface area contributed by atoms with E-state index in [0.29, 0.717) is 0 Å². The first kappa shape index (κ1) is 27.7. The van der Waals surface area contributed by atoms with Gasteiger partial charge in [-0.05, 0) is 83.9 Å². The molecule has 0 atom stereocenters. The second-order valence-electron chi connectivity index (χ2n) is 13.7. The number of fused-ring (bicyclic) bond motifs is 12. The van der Waals surface area contributed by atoms with Crippen molar-refractivity contribution in [3.05, 3.63) is 170 Å². The fourth-order valence-electron chi connectivity index (χ4n) is 8.57. The molecule has 0 radical (unpaired) electrons. The van der Waals surface area contributed by atoms with Crippen LogP contribution in [0.4, 0.5) is 17.1 Å². The molecule has 12 aromatic rings. The maximum Gasteiger partial charge on any atom is 0.137 e. The lowest BCUT2D eigenvalue weighted by atomic mass is 10.0. The van der Waals surface area contributed by atoms with Crippen molar-refractivity contribution in [3.8, 4) is 11.1 Å². The zero-order valence-electron chi connectivity index (χ0n) is 27.9. The van der Waals surface area contributed by atoms with Crippen LogP contribution in [-0.2, 0) is 0 Å². The van der Waals surface area contributed by atoms with Crippen LogP contribution < -0.4 is 4.90 Å². The van der Waals surface area contributed by atoms with Crippen molar-refractivity contribution in [2.45, 2.75) is 0 Å². The van der Waals surface area contributed by atoms with E-state index in [1.807, 2.05) is 24.3 Å². The number of nitrogens with zero attached hydrogens (tertiary/aromatic N) is 2. The predicted octanol–water partition coefficient (Wildman–Crippen LogP) is 13.8. The quantitative estimate of drug-likeness (QED) is 0.188. The Morgan fingerprint density at radius 3 is 1.62 bits per heavy atom. The summed E-state index contributed by atoms with van der Waals surface area (Å²) < 4.78 is 15.1. The van der Waals surface area contributed by atoms with Crippen molar-refractivity contribution in [1.82, 2.24) is 4.40 Å². The molecule has 0 aliphatic carbocycles. The van der Waals surface area contributed by atoms with Crippen LogP contribution >= 0.6 is 0 Å². The lowest BCUT2D eigenvalue weighted by Crippen LogP contribution is -2.09. The molecule has 0 spiro atoms. The van der Waals surface area contributed by atoms with E-state index in [4.69, 9.17) is 8.83 Å². The number of furan rings is 2. The smallest absolute Gasteiger partial charge is 0.137 e. The van der Waals surface area contributed by atoms with Crippen LogP contribution in [0.1, 0.15) is 0 Å². The van der Waals surface area contributed by atoms with Gasteiger partial charge in [0.15, 0.2) is 0 Å². The average molecular weight is 665 g/mol. The van der Waals surface area contributed by atoms with Crippen molar-refractivity contribution in [3.63, 3.8) is 0 Å². The van der Waals surface area contributed by atoms with Crippen molar-refractivity contribution in [1.29, 1.82) is 0 Å². The molecule has 0 amide bonds. The molecular weight excluding hydrogens is 637 g/mol. The Bertz CT molecular complexity index is 3360. The van der Waals surface area contributed by atoms with E-state index in [1.54, 1.807) is 0 Å². The highest BCUT2D eigenvalue weighted by Gasteiger charge is 2.21. The molecule has 0 bridgehead atoms. The molecule has 0 unspecified atom stereocenters. The summed E-state index contributed by atoms with van der Waals surface area (Å²) in [4.78, 5) is 2.34. The molecule has 0 N–H and O–H groups in total. The lowest BCUT2D eigenvalue weighted by molar-refractivity contribution is 0.668. The monoisotopic (exact) mass is 664 g/mol. The highest BCUT2D eigenvalue weighted by Crippen LogP contribution is 2.44. The predicted molar refractivity (Wildman–Crippen MR) is 216 cm³/mol. The Morgan fingerprint density at radius 1 is 0.327 bits per heavy atom. The van der Waals surface area contributed by atoms with Gasteiger partial charge in [-0.25, -0.2) is 0 Å². The molecule has 12 rings (SSSR count). The van der Waals surface area contributed by atoms with Gasteiger partial charge in [-0.3, -0.25) is 0 Å². The molecule has 4 nitrogen and oxygen atoms in total. The first-order valence-electron chi connectivity index (χ1n) is 17.7. The molecule has 0 saturated heterocycles. The Morgan fingerprint density at radius 2 is 0.846 bits per heavy atom. The molecule has 0 aliphatic heterocycles. The number of hydrogen-bond donors (Lipinski definition) is 0. The van der Waals surface area contributed by atoms with E-state index < -0.39 is 0 Å². The summed E-state index contributed by atoms with van der Waals surface area (Å²) in [5.74, 6) is 0. The lowest BCUT2D eigenvalue weighted by Gasteiger charge is -2.26. The van der Waals surface area contributed by atoms with E-state index in [-0.39, 0.29) is 0 Å². The van der Waals surface area contributed by atoms with E-state index in [1.165, 1.54) is 38.1 Å². The first-order chi connectivity index (χ1) is 25.8. The summed E-state index contributed by atoms with van der Waals surface area (Å²) in [5, 5.41) is 9.58. The fraction of sp³-hybridized carbons (Fsp3) is 0. The third-order valence-corrected chi connectivity index (χ3v) is 10.9. The number of aromatic nitrogens is 1. The zero-order valence-corrected chi connectivity index (χ0v) is 27.9. The van der Waals surface area contributed by atoms with Crippen molar-refractivity contribution in [2.24, 2.45) is 0 Å². The molecule has 242 valence electrons. The topological polar surface area (TPSA) is 33.9 Å². The molecule has 52 heavy (non-hydrogen) atoms. The summed E-state index contributed by atoms with van der Waals surface area (Å²) in [7, 11) is 0. The van der Waals surface area contributed by atoms with Crippen LogP contribution in [0.3, 0.4) is 0 Å². The SMILES string of the molecule is c1ccc2c(c1)oc1cc(-c3ccc(N(c4ccc5c(c4)oc4ccccc45)c4ccc5c(c4)c4cccc6c7ccccc7n5c64)cc3)ccc12. The molecule has 0 saturated carbocycles. The van der Waals surface area contributed by atoms with Crippen molar-refractivity contribution < 1.29 is 8.83 Å². The Labute approximate surface area is 297 Å². The van der Waals surface area contributed by atoms with Gasteiger partial charge in [-0.15, -0.1) is 0 Å². The minimum absolute atomic E-state index is 0.868. The molecule has 4 heterocycles. The van der Waals surface area contributed by atoms with Crippen LogP contribution in [0.5, 0.6) is 0 Å². The second kappa shape index (κ2) is 10.3. The Hall–Kier alpha value is -7.04. The minimum atomic E-state index is 0.868. The molecule has 8 aromatic carbocycles. The minimum Gasteiger partial charge on any atom is -0.456 e. The number of rotatable bonds is 4. The highest BCUT2D eigenvalue weighted by molar-refractivity contribution is 6.23. The zero-order chi connectivity index (χ0) is 33.9. The van der Waals surface area contributed by atoms with Crippen LogP contribution in [0, 0.1) is 0 Å². The maximum absolute atomic E-state index is 6.40. The Kier molecular flexibility index (Phi) is 5.47. The molecular formula is C48H28N2O2. The molecule has 4 heteroatoms. The number of anilines is 3. The summed E-state index contributed by atoms with van der Waals surface area (Å²) >= 11 is 0. The summed E-state index contributed by atoms with van der Waals surface area (Å²) in [6, 6.07) is 60.7. The number of hydrogen-bond acceptors (Lipinski definition) is 3. The summed E-state index contributed by atoms with van der Waals surface area (Å²) in [6.07, 6.45) is 0. The fourth-order valence-corrected chi connectivity index (χ4v) is 8.57. The van der Waals surface area contributed by atoms with Gasteiger partial charge in [0.1, 0.15) is 22.3 Å². The molecule has 0 fully saturated rings. The van der Waals surface area contributed by atoms with Crippen molar-refractivity contribution in [2.75, 3.05) is 4.90 Å². The van der Waals surface area contributed by atoms with Crippen LogP contribution in [0.2, 0.25) is 0 Å². The maximum atomic E-state index is 6.40. The van der Waals surface area contributed by atoms with E-state index in [9.17, 15) is 0 Å². The standard InChI is InChI=1S/C48H28N2O2/c1-4-13-42-34(8-1)39-11-7-12-40-41-27-32(22-25-43(41)50(42)48(39)40)49(33-21-24-38-36-10-3-6-15-45(36)52-47(38)28-33)31-19-16-29(17-20-31)30-18-23-37-35-9-2-5-14-44(35)51-46(37)26-30/h1-28H. The third-order valence-electron chi connectivity index (χ3n) is 10.9. The van der Waals surface area contributed by atoms with E-state index in [2.05, 4.69) is 155 Å². The molecule has 0 aliphatic rings. The summed E-state index contributed by atoms with van der Waals surface area (Å²) in [5.41, 5.74) is 12.7. The van der Waals surface area contributed by atoms with Gasteiger partial charge in [-0.1, -0.05) is 91.0 Å². The van der Waals surface area contributed by atoms with Gasteiger partial charge >= 0.3 is 0 Å². The van der Waals surface area contributed by atoms with Gasteiger partial charge < -0.3 is 18.1 Å². The van der Waals surface area contributed by atoms with Crippen molar-refractivity contribution >= 4 is 99.0 Å². The average Bonchev–Trinajstić information content (AvgIpc) is 3.95. The van der Waals surface area contributed by atoms with Gasteiger partial charge in [0.2, 0.25) is 0 Å². The van der Waals surface area contributed by atoms with Gasteiger partial charge in [-0.2, -0.15) is 0 Å². The van der Waals surface area contributed by atoms with Gasteiger partial charge in [0.25, 0.3) is 0 Å². The van der Waals surface area contributed by atoms with E-state index in [0.717, 1.165) is 72.1 Å². The first-order valence-corrected chi connectivity index (χ1v) is 17.7. The second-order valence-corrected chi connectivity index (χ2v) is 13.7. The third kappa shape index (κ3) is 3.81. The highest BCUT2D eigenvalue weighted by atomic mass is 16.3. The number of benzene rings is 8. The molecule has 4 aromatic heterocycles. The largest absolute Gasteiger partial charge is 0.456 e. The van der Waals surface area contributed by atoms with Crippen LogP contribution in [-0.4, -0.2) is 4.40 Å². The summed E-state index contributed by atoms with van der Waals surface area (Å²) in [6.45, 7) is 0. The van der Waals surface area contributed by atoms with Gasteiger partial charge in [0, 0.05) is 66.2 Å². The number of para-hydroxylation sites is 4. The van der Waals surface area contributed by atoms with Crippen LogP contribution in [0.15, 0.2) is 179 Å². The van der Waals surface area contributed by atoms with Gasteiger partial charge in [0.05, 0.1) is 16.6 Å². The van der Waals surface area contributed by atoms with E-state index >= 15 is 0 Å². The normalized spacial score (nSPS) is 12.2. The Balaban J connectivity index is 1.04. The van der Waals surface area contributed by atoms with Crippen LogP contribution in [0.25, 0.3) is 93.1 Å².